The van der Waals surface area contributed by atoms with Gasteiger partial charge in [-0.2, -0.15) is 0 Å². The molecule has 0 saturated carbocycles. The minimum absolute atomic E-state index is 0.288. The van der Waals surface area contributed by atoms with Crippen LogP contribution in [0.4, 0.5) is 0 Å². The summed E-state index contributed by atoms with van der Waals surface area (Å²) in [7, 11) is 0. The zero-order valence-corrected chi connectivity index (χ0v) is 19.1. The Labute approximate surface area is 193 Å². The van der Waals surface area contributed by atoms with Crippen LogP contribution in [0.1, 0.15) is 49.3 Å². The van der Waals surface area contributed by atoms with Crippen LogP contribution in [0.2, 0.25) is 0 Å². The Morgan fingerprint density at radius 3 is 1.44 bits per heavy atom. The molecule has 0 bridgehead atoms. The summed E-state index contributed by atoms with van der Waals surface area (Å²) < 4.78 is 11.8. The van der Waals surface area contributed by atoms with Crippen molar-refractivity contribution in [2.24, 2.45) is 0 Å². The molecule has 3 aromatic rings. The Hall–Kier alpha value is -3.26. The van der Waals surface area contributed by atoms with Gasteiger partial charge in [0.05, 0.1) is 13.2 Å². The summed E-state index contributed by atoms with van der Waals surface area (Å²) in [6.45, 7) is 11.2. The monoisotopic (exact) mass is 426 g/mol. The molecule has 166 valence electrons. The number of hydrogen-bond donors (Lipinski definition) is 0. The van der Waals surface area contributed by atoms with E-state index in [1.165, 1.54) is 16.7 Å². The van der Waals surface area contributed by atoms with E-state index in [0.29, 0.717) is 13.2 Å². The fourth-order valence-corrected chi connectivity index (χ4v) is 3.88. The highest BCUT2D eigenvalue weighted by molar-refractivity contribution is 5.51. The zero-order valence-electron chi connectivity index (χ0n) is 19.1. The average Bonchev–Trinajstić information content (AvgIpc) is 2.85. The van der Waals surface area contributed by atoms with Gasteiger partial charge in [0.1, 0.15) is 11.5 Å². The van der Waals surface area contributed by atoms with Crippen molar-refractivity contribution in [1.29, 1.82) is 0 Å². The van der Waals surface area contributed by atoms with E-state index >= 15 is 0 Å². The normalized spacial score (nSPS) is 11.0. The third-order valence-corrected chi connectivity index (χ3v) is 5.86. The molecule has 0 spiro atoms. The minimum atomic E-state index is -0.288. The van der Waals surface area contributed by atoms with Crippen LogP contribution in [-0.4, -0.2) is 13.2 Å². The molecule has 2 nitrogen and oxygen atoms in total. The van der Waals surface area contributed by atoms with Crippen LogP contribution in [0.25, 0.3) is 0 Å². The van der Waals surface area contributed by atoms with E-state index in [2.05, 4.69) is 98.9 Å². The predicted octanol–water partition coefficient (Wildman–Crippen LogP) is 7.73. The second-order valence-electron chi connectivity index (χ2n) is 8.10. The fraction of sp³-hybridized carbons (Fsp3) is 0.267. The van der Waals surface area contributed by atoms with E-state index < -0.39 is 0 Å². The molecule has 0 N–H and O–H groups in total. The van der Waals surface area contributed by atoms with Gasteiger partial charge in [0, 0.05) is 5.41 Å². The van der Waals surface area contributed by atoms with Gasteiger partial charge in [-0.1, -0.05) is 66.7 Å². The molecule has 0 aromatic heterocycles. The van der Waals surface area contributed by atoms with Crippen molar-refractivity contribution in [1.82, 2.24) is 0 Å². The van der Waals surface area contributed by atoms with Crippen molar-refractivity contribution in [3.05, 3.63) is 121 Å². The lowest BCUT2D eigenvalue weighted by atomic mass is 9.71. The lowest BCUT2D eigenvalue weighted by molar-refractivity contribution is 0.312. The molecular weight excluding hydrogens is 392 g/mol. The average molecular weight is 427 g/mol. The maximum Gasteiger partial charge on any atom is 0.119 e. The zero-order chi connectivity index (χ0) is 22.7. The number of allylic oxidation sites excluding steroid dienone is 2. The van der Waals surface area contributed by atoms with Crippen molar-refractivity contribution in [3.8, 4) is 11.5 Å². The topological polar surface area (TPSA) is 18.5 Å². The van der Waals surface area contributed by atoms with Gasteiger partial charge in [-0.3, -0.25) is 0 Å². The second-order valence-corrected chi connectivity index (χ2v) is 8.10. The maximum atomic E-state index is 5.89. The molecule has 32 heavy (non-hydrogen) atoms. The maximum absolute atomic E-state index is 5.89. The number of benzene rings is 3. The third kappa shape index (κ3) is 5.91. The summed E-state index contributed by atoms with van der Waals surface area (Å²) in [4.78, 5) is 0. The first kappa shape index (κ1) is 23.4. The lowest BCUT2D eigenvalue weighted by Crippen LogP contribution is -2.25. The molecule has 0 atom stereocenters. The van der Waals surface area contributed by atoms with Gasteiger partial charge in [-0.15, -0.1) is 13.2 Å². The molecule has 3 aromatic carbocycles. The SMILES string of the molecule is C=CCCCOc1ccc(C(C)(c2ccccc2)c2ccc(OCCCC=C)cc2)cc1. The Kier molecular flexibility index (Phi) is 8.74. The van der Waals surface area contributed by atoms with Crippen LogP contribution in [0.15, 0.2) is 104 Å². The molecule has 0 radical (unpaired) electrons. The highest BCUT2D eigenvalue weighted by Gasteiger charge is 2.31. The molecule has 0 amide bonds. The van der Waals surface area contributed by atoms with Crippen LogP contribution in [0, 0.1) is 0 Å². The Morgan fingerprint density at radius 2 is 1.03 bits per heavy atom. The lowest BCUT2D eigenvalue weighted by Gasteiger charge is -2.32. The van der Waals surface area contributed by atoms with Crippen molar-refractivity contribution >= 4 is 0 Å². The quantitative estimate of drug-likeness (QED) is 0.158. The first-order valence-corrected chi connectivity index (χ1v) is 11.4. The van der Waals surface area contributed by atoms with E-state index in [9.17, 15) is 0 Å². The van der Waals surface area contributed by atoms with Crippen LogP contribution in [0.3, 0.4) is 0 Å². The minimum Gasteiger partial charge on any atom is -0.494 e. The van der Waals surface area contributed by atoms with Gasteiger partial charge >= 0.3 is 0 Å². The molecule has 0 aliphatic rings. The highest BCUT2D eigenvalue weighted by atomic mass is 16.5. The van der Waals surface area contributed by atoms with Crippen molar-refractivity contribution in [3.63, 3.8) is 0 Å². The molecule has 0 fully saturated rings. The predicted molar refractivity (Wildman–Crippen MR) is 135 cm³/mol. The Balaban J connectivity index is 1.84. The van der Waals surface area contributed by atoms with E-state index in [4.69, 9.17) is 9.47 Å². The van der Waals surface area contributed by atoms with Crippen LogP contribution < -0.4 is 9.47 Å². The third-order valence-electron chi connectivity index (χ3n) is 5.86. The summed E-state index contributed by atoms with van der Waals surface area (Å²) in [5, 5.41) is 0. The van der Waals surface area contributed by atoms with E-state index in [1.54, 1.807) is 0 Å². The summed E-state index contributed by atoms with van der Waals surface area (Å²) in [5.41, 5.74) is 3.41. The molecule has 0 aliphatic heterocycles. The van der Waals surface area contributed by atoms with Gasteiger partial charge in [0.2, 0.25) is 0 Å². The Morgan fingerprint density at radius 1 is 0.625 bits per heavy atom. The molecule has 0 unspecified atom stereocenters. The van der Waals surface area contributed by atoms with E-state index in [-0.39, 0.29) is 5.41 Å². The van der Waals surface area contributed by atoms with Crippen molar-refractivity contribution < 1.29 is 9.47 Å². The molecule has 0 heterocycles. The summed E-state index contributed by atoms with van der Waals surface area (Å²) in [6.07, 6.45) is 7.75. The van der Waals surface area contributed by atoms with E-state index in [1.807, 2.05) is 12.2 Å². The van der Waals surface area contributed by atoms with Gasteiger partial charge in [-0.25, -0.2) is 0 Å². The molecule has 3 rings (SSSR count). The first-order valence-electron chi connectivity index (χ1n) is 11.4. The number of unbranched alkanes of at least 4 members (excludes halogenated alkanes) is 2. The summed E-state index contributed by atoms with van der Waals surface area (Å²) in [6, 6.07) is 27.6. The standard InChI is InChI=1S/C30H34O2/c1-4-6-11-23-31-28-19-15-26(16-20-28)30(3,25-13-9-8-10-14-25)27-17-21-29(22-18-27)32-24-12-7-5-2/h4-5,8-10,13-22H,1-2,6-7,11-12,23-24H2,3H3. The fourth-order valence-electron chi connectivity index (χ4n) is 3.88. The van der Waals surface area contributed by atoms with Crippen LogP contribution in [0.5, 0.6) is 11.5 Å². The molecule has 0 saturated heterocycles. The van der Waals surface area contributed by atoms with Gasteiger partial charge in [0.15, 0.2) is 0 Å². The van der Waals surface area contributed by atoms with Crippen molar-refractivity contribution in [2.75, 3.05) is 13.2 Å². The summed E-state index contributed by atoms with van der Waals surface area (Å²) >= 11 is 0. The number of rotatable bonds is 13. The smallest absolute Gasteiger partial charge is 0.119 e. The van der Waals surface area contributed by atoms with Crippen molar-refractivity contribution in [2.45, 2.75) is 38.0 Å². The van der Waals surface area contributed by atoms with Gasteiger partial charge in [-0.05, 0) is 73.6 Å². The van der Waals surface area contributed by atoms with E-state index in [0.717, 1.165) is 37.2 Å². The largest absolute Gasteiger partial charge is 0.494 e. The van der Waals surface area contributed by atoms with Crippen LogP contribution >= 0.6 is 0 Å². The molecular formula is C30H34O2. The van der Waals surface area contributed by atoms with Crippen LogP contribution in [-0.2, 0) is 5.41 Å². The molecule has 0 aliphatic carbocycles. The highest BCUT2D eigenvalue weighted by Crippen LogP contribution is 2.39. The first-order chi connectivity index (χ1) is 15.7. The number of ether oxygens (including phenoxy) is 2. The van der Waals surface area contributed by atoms with Gasteiger partial charge in [0.25, 0.3) is 0 Å². The summed E-state index contributed by atoms with van der Waals surface area (Å²) in [5.74, 6) is 1.80. The van der Waals surface area contributed by atoms with Gasteiger partial charge < -0.3 is 9.47 Å². The Bertz CT molecular complexity index is 896. The molecule has 2 heteroatoms. The second kappa shape index (κ2) is 12.0. The number of hydrogen-bond acceptors (Lipinski definition) is 2.